The fourth-order valence-electron chi connectivity index (χ4n) is 4.67. The summed E-state index contributed by atoms with van der Waals surface area (Å²) >= 11 is 12.6. The number of likely N-dealkylation sites (N-methyl/N-ethyl adjacent to an activating group) is 1. The van der Waals surface area contributed by atoms with E-state index in [4.69, 9.17) is 23.2 Å². The second-order valence-electron chi connectivity index (χ2n) is 9.22. The zero-order chi connectivity index (χ0) is 27.0. The van der Waals surface area contributed by atoms with Crippen LogP contribution < -0.4 is 21.5 Å². The van der Waals surface area contributed by atoms with E-state index in [0.29, 0.717) is 0 Å². The molecule has 0 spiro atoms. The number of benzene rings is 2. The summed E-state index contributed by atoms with van der Waals surface area (Å²) in [4.78, 5) is 40.3. The smallest absolute Gasteiger partial charge is 0.337 e. The second kappa shape index (κ2) is 10.7. The van der Waals surface area contributed by atoms with Gasteiger partial charge in [-0.1, -0.05) is 29.3 Å². The molecule has 0 saturated carbocycles. The average molecular weight is 556 g/mol. The minimum absolute atomic E-state index is 0.0672. The number of rotatable bonds is 6. The average Bonchev–Trinajstić information content (AvgIpc) is 2.89. The molecule has 2 aromatic heterocycles. The molecule has 5 rings (SSSR count). The van der Waals surface area contributed by atoms with Crippen molar-refractivity contribution in [3.8, 4) is 5.69 Å². The molecule has 4 aromatic rings. The fourth-order valence-corrected chi connectivity index (χ4v) is 5.24. The summed E-state index contributed by atoms with van der Waals surface area (Å²) in [7, 11) is 2.13. The molecule has 2 aromatic carbocycles. The molecule has 1 saturated heterocycles. The van der Waals surface area contributed by atoms with Crippen LogP contribution in [0, 0.1) is 6.92 Å². The summed E-state index contributed by atoms with van der Waals surface area (Å²) in [5.41, 5.74) is 1.84. The van der Waals surface area contributed by atoms with Crippen LogP contribution in [0.15, 0.2) is 52.2 Å². The molecular weight excluding hydrogens is 529 g/mol. The largest absolute Gasteiger partial charge is 0.395 e. The molecule has 0 aliphatic carbocycles. The first kappa shape index (κ1) is 26.2. The molecule has 0 amide bonds. The van der Waals surface area contributed by atoms with Crippen molar-refractivity contribution in [1.82, 2.24) is 24.0 Å². The lowest BCUT2D eigenvalue weighted by atomic mass is 10.1. The normalized spacial score (nSPS) is 14.3. The Morgan fingerprint density at radius 3 is 2.42 bits per heavy atom. The van der Waals surface area contributed by atoms with Crippen LogP contribution in [0.3, 0.4) is 0 Å². The van der Waals surface area contributed by atoms with E-state index in [-0.39, 0.29) is 45.9 Å². The van der Waals surface area contributed by atoms with Gasteiger partial charge in [-0.2, -0.15) is 4.98 Å². The molecule has 2 N–H and O–H groups in total. The van der Waals surface area contributed by atoms with Gasteiger partial charge in [-0.3, -0.25) is 9.36 Å². The second-order valence-corrected chi connectivity index (χ2v) is 10.0. The maximum atomic E-state index is 13.4. The van der Waals surface area contributed by atoms with E-state index in [1.165, 1.54) is 28.6 Å². The number of piperazine rings is 1. The van der Waals surface area contributed by atoms with Crippen molar-refractivity contribution in [3.63, 3.8) is 0 Å². The highest BCUT2D eigenvalue weighted by atomic mass is 35.5. The molecular formula is C26H27Cl2N7O3. The fraction of sp³-hybridized carbons (Fsp3) is 0.308. The number of hydrogen-bond acceptors (Lipinski definition) is 8. The quantitative estimate of drug-likeness (QED) is 0.373. The highest BCUT2D eigenvalue weighted by Gasteiger charge is 2.21. The maximum Gasteiger partial charge on any atom is 0.337 e. The van der Waals surface area contributed by atoms with E-state index >= 15 is 0 Å². The summed E-state index contributed by atoms with van der Waals surface area (Å²) in [6.45, 7) is 5.60. The molecule has 38 heavy (non-hydrogen) atoms. The molecule has 198 valence electrons. The van der Waals surface area contributed by atoms with E-state index in [1.54, 1.807) is 6.07 Å². The molecule has 1 aliphatic heterocycles. The monoisotopic (exact) mass is 555 g/mol. The Bertz CT molecular complexity index is 1610. The number of hydrogen-bond donors (Lipinski definition) is 2. The van der Waals surface area contributed by atoms with Gasteiger partial charge in [0, 0.05) is 43.8 Å². The Hall–Kier alpha value is -3.44. The number of aryl methyl sites for hydroxylation is 1. The molecule has 10 nitrogen and oxygen atoms in total. The third kappa shape index (κ3) is 4.88. The van der Waals surface area contributed by atoms with Crippen LogP contribution in [0.5, 0.6) is 0 Å². The Kier molecular flexibility index (Phi) is 7.40. The number of nitrogens with zero attached hydrogens (tertiary/aromatic N) is 6. The van der Waals surface area contributed by atoms with Crippen molar-refractivity contribution < 1.29 is 5.11 Å². The topological polar surface area (TPSA) is 109 Å². The van der Waals surface area contributed by atoms with Crippen LogP contribution in [0.4, 0.5) is 17.3 Å². The van der Waals surface area contributed by atoms with Gasteiger partial charge in [0.1, 0.15) is 5.39 Å². The number of nitrogens with one attached hydrogen (secondary N) is 1. The first-order valence-corrected chi connectivity index (χ1v) is 12.9. The number of aliphatic hydroxyl groups excluding tert-OH is 1. The number of aromatic nitrogens is 4. The number of aliphatic hydroxyl groups is 1. The van der Waals surface area contributed by atoms with Crippen molar-refractivity contribution in [2.24, 2.45) is 0 Å². The number of para-hydroxylation sites is 1. The van der Waals surface area contributed by atoms with Gasteiger partial charge in [-0.05, 0) is 49.9 Å². The predicted octanol–water partition coefficient (Wildman–Crippen LogP) is 3.05. The van der Waals surface area contributed by atoms with Gasteiger partial charge in [0.25, 0.3) is 5.56 Å². The zero-order valence-electron chi connectivity index (χ0n) is 21.0. The highest BCUT2D eigenvalue weighted by Crippen LogP contribution is 2.28. The minimum Gasteiger partial charge on any atom is -0.395 e. The molecule has 0 bridgehead atoms. The first-order chi connectivity index (χ1) is 18.3. The van der Waals surface area contributed by atoms with Gasteiger partial charge in [-0.15, -0.1) is 0 Å². The Balaban J connectivity index is 1.54. The van der Waals surface area contributed by atoms with Crippen LogP contribution in [-0.2, 0) is 6.54 Å². The summed E-state index contributed by atoms with van der Waals surface area (Å²) < 4.78 is 2.10. The molecule has 0 atom stereocenters. The van der Waals surface area contributed by atoms with Crippen molar-refractivity contribution in [2.75, 3.05) is 50.1 Å². The van der Waals surface area contributed by atoms with E-state index in [0.717, 1.165) is 42.0 Å². The lowest BCUT2D eigenvalue weighted by molar-refractivity contribution is 0.274. The van der Waals surface area contributed by atoms with Gasteiger partial charge >= 0.3 is 5.69 Å². The van der Waals surface area contributed by atoms with Crippen LogP contribution in [0.2, 0.25) is 10.0 Å². The minimum atomic E-state index is -0.719. The Labute approximate surface area is 228 Å². The summed E-state index contributed by atoms with van der Waals surface area (Å²) in [6, 6.07) is 10.7. The van der Waals surface area contributed by atoms with Crippen molar-refractivity contribution in [2.45, 2.75) is 13.5 Å². The molecule has 1 aliphatic rings. The van der Waals surface area contributed by atoms with E-state index < -0.39 is 11.2 Å². The Morgan fingerprint density at radius 1 is 1.05 bits per heavy atom. The number of halogens is 2. The standard InChI is InChI=1S/C26H27Cl2N7O3/c1-16-14-17(6-7-21(16)33-10-8-32(2)9-11-33)30-25-29-15-18-23(31-25)34(12-13-36)26(38)35(24(18)37)22-19(27)4-3-5-20(22)28/h3-7,14-15,36H,8-13H2,1-2H3,(H,29,30,31). The highest BCUT2D eigenvalue weighted by molar-refractivity contribution is 6.37. The van der Waals surface area contributed by atoms with Gasteiger partial charge < -0.3 is 20.2 Å². The molecule has 0 radical (unpaired) electrons. The summed E-state index contributed by atoms with van der Waals surface area (Å²) in [5.74, 6) is 0.211. The zero-order valence-corrected chi connectivity index (χ0v) is 22.5. The number of fused-ring (bicyclic) bond motifs is 1. The van der Waals surface area contributed by atoms with E-state index in [2.05, 4.69) is 45.1 Å². The SMILES string of the molecule is Cc1cc(Nc2ncc3c(=O)n(-c4c(Cl)cccc4Cl)c(=O)n(CCO)c3n2)ccc1N1CCN(C)CC1. The van der Waals surface area contributed by atoms with Crippen molar-refractivity contribution >= 4 is 51.6 Å². The molecule has 12 heteroatoms. The lowest BCUT2D eigenvalue weighted by Gasteiger charge is -2.35. The first-order valence-electron chi connectivity index (χ1n) is 12.2. The summed E-state index contributed by atoms with van der Waals surface area (Å²) in [5, 5.41) is 13.2. The van der Waals surface area contributed by atoms with Crippen molar-refractivity contribution in [3.05, 3.63) is 79.0 Å². The Morgan fingerprint density at radius 2 is 1.76 bits per heavy atom. The van der Waals surface area contributed by atoms with Gasteiger partial charge in [-0.25, -0.2) is 14.3 Å². The molecule has 1 fully saturated rings. The van der Waals surface area contributed by atoms with E-state index in [1.807, 2.05) is 12.1 Å². The van der Waals surface area contributed by atoms with Crippen LogP contribution in [0.1, 0.15) is 5.56 Å². The molecule has 0 unspecified atom stereocenters. The number of anilines is 3. The third-order valence-electron chi connectivity index (χ3n) is 6.66. The van der Waals surface area contributed by atoms with Crippen molar-refractivity contribution in [1.29, 1.82) is 0 Å². The van der Waals surface area contributed by atoms with Gasteiger partial charge in [0.05, 0.1) is 28.9 Å². The van der Waals surface area contributed by atoms with Crippen LogP contribution in [-0.4, -0.2) is 68.9 Å². The maximum absolute atomic E-state index is 13.4. The van der Waals surface area contributed by atoms with Gasteiger partial charge in [0.2, 0.25) is 5.95 Å². The third-order valence-corrected chi connectivity index (χ3v) is 7.27. The predicted molar refractivity (Wildman–Crippen MR) is 151 cm³/mol. The summed E-state index contributed by atoms with van der Waals surface area (Å²) in [6.07, 6.45) is 1.35. The van der Waals surface area contributed by atoms with Crippen LogP contribution in [0.25, 0.3) is 16.7 Å². The molecule has 3 heterocycles. The van der Waals surface area contributed by atoms with E-state index in [9.17, 15) is 14.7 Å². The van der Waals surface area contributed by atoms with Crippen LogP contribution >= 0.6 is 23.2 Å². The lowest BCUT2D eigenvalue weighted by Crippen LogP contribution is -2.44. The van der Waals surface area contributed by atoms with Gasteiger partial charge in [0.15, 0.2) is 5.65 Å².